The minimum Gasteiger partial charge on any atom is -0.485 e. The SMILES string of the molecule is C[C@H]1Oc2cccnc2N(C)C(=O)[C@H]1NC(O)c1nn(Cc2cccc(C#N)c2)cc1F. The number of rotatable bonds is 5. The van der Waals surface area contributed by atoms with Crippen LogP contribution in [0.25, 0.3) is 0 Å². The molecule has 3 aromatic rings. The molecule has 3 atom stereocenters. The number of hydrogen-bond acceptors (Lipinski definition) is 7. The molecule has 0 saturated heterocycles. The van der Waals surface area contributed by atoms with E-state index in [0.29, 0.717) is 17.1 Å². The van der Waals surface area contributed by atoms with E-state index in [1.807, 2.05) is 0 Å². The lowest BCUT2D eigenvalue weighted by Crippen LogP contribution is -2.52. The van der Waals surface area contributed by atoms with Crippen molar-refractivity contribution in [3.8, 4) is 11.8 Å². The Bertz CT molecular complexity index is 1190. The van der Waals surface area contributed by atoms with Crippen LogP contribution in [0.2, 0.25) is 0 Å². The average Bonchev–Trinajstić information content (AvgIpc) is 3.12. The van der Waals surface area contributed by atoms with Crippen LogP contribution in [0.1, 0.15) is 30.0 Å². The largest absolute Gasteiger partial charge is 0.485 e. The van der Waals surface area contributed by atoms with Crippen LogP contribution >= 0.6 is 0 Å². The molecule has 1 aliphatic heterocycles. The molecule has 0 bridgehead atoms. The second kappa shape index (κ2) is 8.74. The van der Waals surface area contributed by atoms with Gasteiger partial charge in [0.2, 0.25) is 5.91 Å². The van der Waals surface area contributed by atoms with Gasteiger partial charge in [0.05, 0.1) is 24.4 Å². The summed E-state index contributed by atoms with van der Waals surface area (Å²) in [4.78, 5) is 18.5. The highest BCUT2D eigenvalue weighted by Crippen LogP contribution is 2.30. The van der Waals surface area contributed by atoms with Gasteiger partial charge in [-0.25, -0.2) is 9.37 Å². The fourth-order valence-electron chi connectivity index (χ4n) is 3.57. The first kappa shape index (κ1) is 21.4. The molecule has 0 aliphatic carbocycles. The minimum atomic E-state index is -1.55. The topological polar surface area (TPSA) is 116 Å². The molecule has 1 unspecified atom stereocenters. The molecule has 10 heteroatoms. The van der Waals surface area contributed by atoms with E-state index in [1.165, 1.54) is 9.58 Å². The van der Waals surface area contributed by atoms with Crippen molar-refractivity contribution in [2.75, 3.05) is 11.9 Å². The number of aliphatic hydroxyl groups excluding tert-OH is 1. The number of carbonyl (C=O) groups excluding carboxylic acids is 1. The summed E-state index contributed by atoms with van der Waals surface area (Å²) in [5.74, 6) is -0.320. The van der Waals surface area contributed by atoms with Crippen LogP contribution in [0.4, 0.5) is 10.2 Å². The number of aliphatic hydroxyl groups is 1. The molecule has 1 amide bonds. The fraction of sp³-hybridized carbons (Fsp3) is 0.273. The number of fused-ring (bicyclic) bond motifs is 1. The van der Waals surface area contributed by atoms with Gasteiger partial charge in [-0.3, -0.25) is 19.7 Å². The molecule has 0 radical (unpaired) electrons. The summed E-state index contributed by atoms with van der Waals surface area (Å²) in [5, 5.41) is 26.5. The minimum absolute atomic E-state index is 0.213. The summed E-state index contributed by atoms with van der Waals surface area (Å²) in [7, 11) is 1.56. The number of likely N-dealkylation sites (N-methyl/N-ethyl adjacent to an activating group) is 1. The first-order valence-corrected chi connectivity index (χ1v) is 9.92. The zero-order valence-electron chi connectivity index (χ0n) is 17.4. The van der Waals surface area contributed by atoms with Crippen molar-refractivity contribution < 1.29 is 19.0 Å². The van der Waals surface area contributed by atoms with E-state index >= 15 is 0 Å². The maximum Gasteiger partial charge on any atom is 0.249 e. The number of hydrogen-bond donors (Lipinski definition) is 2. The van der Waals surface area contributed by atoms with Crippen molar-refractivity contribution in [3.63, 3.8) is 0 Å². The Kier molecular flexibility index (Phi) is 5.85. The van der Waals surface area contributed by atoms with Crippen molar-refractivity contribution in [1.82, 2.24) is 20.1 Å². The first-order chi connectivity index (χ1) is 15.4. The third-order valence-corrected chi connectivity index (χ3v) is 5.19. The number of halogens is 1. The van der Waals surface area contributed by atoms with Crippen molar-refractivity contribution in [2.45, 2.75) is 31.8 Å². The van der Waals surface area contributed by atoms with Crippen LogP contribution < -0.4 is 15.0 Å². The quantitative estimate of drug-likeness (QED) is 0.585. The number of nitrogens with one attached hydrogen (secondary N) is 1. The molecule has 1 aromatic carbocycles. The second-order valence-corrected chi connectivity index (χ2v) is 7.46. The number of anilines is 1. The van der Waals surface area contributed by atoms with Crippen LogP contribution in [0, 0.1) is 17.1 Å². The molecule has 164 valence electrons. The Morgan fingerprint density at radius 2 is 2.19 bits per heavy atom. The number of carbonyl (C=O) groups is 1. The van der Waals surface area contributed by atoms with Gasteiger partial charge in [0.1, 0.15) is 17.8 Å². The fourth-order valence-corrected chi connectivity index (χ4v) is 3.57. The highest BCUT2D eigenvalue weighted by atomic mass is 19.1. The molecule has 3 heterocycles. The zero-order chi connectivity index (χ0) is 22.8. The van der Waals surface area contributed by atoms with Crippen molar-refractivity contribution in [1.29, 1.82) is 5.26 Å². The average molecular weight is 436 g/mol. The molecule has 0 fully saturated rings. The number of nitriles is 1. The number of benzene rings is 1. The lowest BCUT2D eigenvalue weighted by atomic mass is 10.1. The van der Waals surface area contributed by atoms with E-state index in [1.54, 1.807) is 56.6 Å². The first-order valence-electron chi connectivity index (χ1n) is 9.92. The summed E-state index contributed by atoms with van der Waals surface area (Å²) in [6.45, 7) is 1.89. The Hall–Kier alpha value is -3.81. The number of aromatic nitrogens is 3. The van der Waals surface area contributed by atoms with Crippen LogP contribution in [0.15, 0.2) is 48.8 Å². The maximum atomic E-state index is 14.6. The normalized spacial score (nSPS) is 19.0. The van der Waals surface area contributed by atoms with Crippen molar-refractivity contribution in [2.24, 2.45) is 0 Å². The van der Waals surface area contributed by atoms with Gasteiger partial charge in [0, 0.05) is 13.2 Å². The number of pyridine rings is 1. The van der Waals surface area contributed by atoms with E-state index in [9.17, 15) is 14.3 Å². The van der Waals surface area contributed by atoms with E-state index in [4.69, 9.17) is 10.00 Å². The predicted molar refractivity (Wildman–Crippen MR) is 112 cm³/mol. The van der Waals surface area contributed by atoms with Crippen molar-refractivity contribution in [3.05, 3.63) is 71.4 Å². The molecule has 0 spiro atoms. The van der Waals surface area contributed by atoms with Crippen LogP contribution in [0.5, 0.6) is 5.75 Å². The molecular formula is C22H21FN6O3. The predicted octanol–water partition coefficient (Wildman–Crippen LogP) is 1.73. The van der Waals surface area contributed by atoms with Gasteiger partial charge in [-0.15, -0.1) is 0 Å². The highest BCUT2D eigenvalue weighted by molar-refractivity contribution is 5.98. The maximum absolute atomic E-state index is 14.6. The van der Waals surface area contributed by atoms with Crippen LogP contribution in [-0.2, 0) is 11.3 Å². The van der Waals surface area contributed by atoms with Crippen LogP contribution in [-0.4, -0.2) is 45.0 Å². The monoisotopic (exact) mass is 436 g/mol. The van der Waals surface area contributed by atoms with Crippen molar-refractivity contribution >= 4 is 11.7 Å². The van der Waals surface area contributed by atoms with Gasteiger partial charge in [-0.05, 0) is 36.8 Å². The lowest BCUT2D eigenvalue weighted by Gasteiger charge is -2.25. The van der Waals surface area contributed by atoms with Crippen LogP contribution in [0.3, 0.4) is 0 Å². The third kappa shape index (κ3) is 4.16. The molecule has 9 nitrogen and oxygen atoms in total. The lowest BCUT2D eigenvalue weighted by molar-refractivity contribution is -0.123. The molecule has 0 saturated carbocycles. The summed E-state index contributed by atoms with van der Waals surface area (Å²) in [6.07, 6.45) is 0.487. The van der Waals surface area contributed by atoms with E-state index in [-0.39, 0.29) is 18.1 Å². The van der Waals surface area contributed by atoms with Gasteiger partial charge < -0.3 is 9.84 Å². The third-order valence-electron chi connectivity index (χ3n) is 5.19. The van der Waals surface area contributed by atoms with E-state index in [0.717, 1.165) is 11.8 Å². The molecular weight excluding hydrogens is 415 g/mol. The van der Waals surface area contributed by atoms with Gasteiger partial charge in [0.25, 0.3) is 0 Å². The molecule has 1 aliphatic rings. The molecule has 2 N–H and O–H groups in total. The Morgan fingerprint density at radius 3 is 2.97 bits per heavy atom. The number of ether oxygens (including phenoxy) is 1. The highest BCUT2D eigenvalue weighted by Gasteiger charge is 2.37. The molecule has 2 aromatic heterocycles. The molecule has 4 rings (SSSR count). The second-order valence-electron chi connectivity index (χ2n) is 7.46. The summed E-state index contributed by atoms with van der Waals surface area (Å²) in [5.41, 5.74) is 0.995. The standard InChI is InChI=1S/C22H21FN6O3/c1-13-18(22(31)28(2)20-17(32-13)7-4-8-25-20)26-21(30)19-16(23)12-29(27-19)11-15-6-3-5-14(9-15)10-24/h3-9,12-13,18,21,26,30H,11H2,1-2H3/t13-,18+,21?/m1/s1. The van der Waals surface area contributed by atoms with Gasteiger partial charge in [-0.2, -0.15) is 10.4 Å². The molecule has 32 heavy (non-hydrogen) atoms. The zero-order valence-corrected chi connectivity index (χ0v) is 17.4. The summed E-state index contributed by atoms with van der Waals surface area (Å²) < 4.78 is 21.7. The Balaban J connectivity index is 1.52. The van der Waals surface area contributed by atoms with Gasteiger partial charge in [0.15, 0.2) is 23.6 Å². The summed E-state index contributed by atoms with van der Waals surface area (Å²) >= 11 is 0. The smallest absolute Gasteiger partial charge is 0.249 e. The Morgan fingerprint density at radius 1 is 1.38 bits per heavy atom. The van der Waals surface area contributed by atoms with Gasteiger partial charge >= 0.3 is 0 Å². The Labute approximate surface area is 183 Å². The number of nitrogens with zero attached hydrogens (tertiary/aromatic N) is 5. The number of amides is 1. The van der Waals surface area contributed by atoms with E-state index < -0.39 is 24.2 Å². The van der Waals surface area contributed by atoms with Gasteiger partial charge in [-0.1, -0.05) is 12.1 Å². The van der Waals surface area contributed by atoms with E-state index in [2.05, 4.69) is 21.5 Å². The summed E-state index contributed by atoms with van der Waals surface area (Å²) in [6, 6.07) is 11.3.